The smallest absolute Gasteiger partial charge is 0.126 e. The highest BCUT2D eigenvalue weighted by atomic mass is 19.1. The molecule has 1 heterocycles. The molecule has 1 fully saturated rings. The maximum atomic E-state index is 12.8. The second-order valence-corrected chi connectivity index (χ2v) is 4.08. The average Bonchev–Trinajstić information content (AvgIpc) is 2.77. The van der Waals surface area contributed by atoms with Crippen LogP contribution in [0, 0.1) is 5.82 Å². The maximum absolute atomic E-state index is 12.8. The third-order valence-electron chi connectivity index (χ3n) is 2.76. The van der Waals surface area contributed by atoms with Crippen molar-refractivity contribution in [2.45, 2.75) is 31.8 Å². The van der Waals surface area contributed by atoms with Crippen LogP contribution in [0.15, 0.2) is 24.3 Å². The Hall–Kier alpha value is -1.09. The quantitative estimate of drug-likeness (QED) is 0.715. The zero-order valence-corrected chi connectivity index (χ0v) is 9.32. The molecule has 0 aliphatic carbocycles. The van der Waals surface area contributed by atoms with Gasteiger partial charge in [-0.2, -0.15) is 0 Å². The molecule has 1 aliphatic rings. The Morgan fingerprint density at radius 2 is 2.38 bits per heavy atom. The third-order valence-corrected chi connectivity index (χ3v) is 2.76. The van der Waals surface area contributed by atoms with Crippen molar-refractivity contribution in [3.05, 3.63) is 30.1 Å². The lowest BCUT2D eigenvalue weighted by molar-refractivity contribution is 0.0981. The van der Waals surface area contributed by atoms with Gasteiger partial charge in [0.1, 0.15) is 11.6 Å². The molecule has 1 aliphatic heterocycles. The minimum Gasteiger partial charge on any atom is -0.493 e. The molecule has 2 nitrogen and oxygen atoms in total. The molecule has 0 saturated carbocycles. The van der Waals surface area contributed by atoms with E-state index in [1.165, 1.54) is 25.0 Å². The topological polar surface area (TPSA) is 18.5 Å². The van der Waals surface area contributed by atoms with Crippen molar-refractivity contribution in [1.82, 2.24) is 0 Å². The van der Waals surface area contributed by atoms with Crippen LogP contribution in [0.5, 0.6) is 5.75 Å². The highest BCUT2D eigenvalue weighted by Crippen LogP contribution is 2.17. The fraction of sp³-hybridized carbons (Fsp3) is 0.538. The van der Waals surface area contributed by atoms with Crippen LogP contribution < -0.4 is 4.74 Å². The largest absolute Gasteiger partial charge is 0.493 e. The van der Waals surface area contributed by atoms with Gasteiger partial charge in [0.25, 0.3) is 0 Å². The van der Waals surface area contributed by atoms with E-state index < -0.39 is 0 Å². The molecule has 16 heavy (non-hydrogen) atoms. The molecule has 1 aromatic carbocycles. The van der Waals surface area contributed by atoms with E-state index in [0.29, 0.717) is 18.5 Å². The fourth-order valence-corrected chi connectivity index (χ4v) is 1.93. The first-order chi connectivity index (χ1) is 7.84. The van der Waals surface area contributed by atoms with E-state index in [-0.39, 0.29) is 5.82 Å². The Bertz CT molecular complexity index is 321. The second-order valence-electron chi connectivity index (χ2n) is 4.08. The van der Waals surface area contributed by atoms with Crippen molar-refractivity contribution >= 4 is 0 Å². The number of hydrogen-bond acceptors (Lipinski definition) is 2. The molecule has 0 N–H and O–H groups in total. The number of hydrogen-bond donors (Lipinski definition) is 0. The monoisotopic (exact) mass is 224 g/mol. The molecule has 88 valence electrons. The standard InChI is InChI=1S/C13H17FO2/c14-11-4-1-5-13(10-11)16-9-3-7-12-6-2-8-15-12/h1,4-5,10,12H,2-3,6-9H2. The van der Waals surface area contributed by atoms with Crippen LogP contribution in [0.3, 0.4) is 0 Å². The van der Waals surface area contributed by atoms with E-state index in [2.05, 4.69) is 0 Å². The molecule has 0 bridgehead atoms. The zero-order chi connectivity index (χ0) is 11.2. The van der Waals surface area contributed by atoms with Gasteiger partial charge in [-0.25, -0.2) is 4.39 Å². The molecule has 1 aromatic rings. The molecule has 0 amide bonds. The van der Waals surface area contributed by atoms with Crippen LogP contribution in [-0.4, -0.2) is 19.3 Å². The Morgan fingerprint density at radius 1 is 1.44 bits per heavy atom. The van der Waals surface area contributed by atoms with Gasteiger partial charge in [-0.15, -0.1) is 0 Å². The van der Waals surface area contributed by atoms with Gasteiger partial charge in [-0.3, -0.25) is 0 Å². The summed E-state index contributed by atoms with van der Waals surface area (Å²) in [4.78, 5) is 0. The maximum Gasteiger partial charge on any atom is 0.126 e. The molecule has 1 unspecified atom stereocenters. The molecule has 0 spiro atoms. The molecule has 3 heteroatoms. The van der Waals surface area contributed by atoms with E-state index >= 15 is 0 Å². The van der Waals surface area contributed by atoms with Crippen LogP contribution in [0.1, 0.15) is 25.7 Å². The number of rotatable bonds is 5. The van der Waals surface area contributed by atoms with E-state index in [9.17, 15) is 4.39 Å². The van der Waals surface area contributed by atoms with E-state index in [1.807, 2.05) is 0 Å². The highest BCUT2D eigenvalue weighted by molar-refractivity contribution is 5.22. The van der Waals surface area contributed by atoms with Gasteiger partial charge < -0.3 is 9.47 Å². The first kappa shape index (κ1) is 11.4. The van der Waals surface area contributed by atoms with Crippen molar-refractivity contribution in [2.75, 3.05) is 13.2 Å². The van der Waals surface area contributed by atoms with Crippen molar-refractivity contribution in [1.29, 1.82) is 0 Å². The lowest BCUT2D eigenvalue weighted by Crippen LogP contribution is -2.07. The van der Waals surface area contributed by atoms with Crippen LogP contribution in [0.25, 0.3) is 0 Å². The summed E-state index contributed by atoms with van der Waals surface area (Å²) < 4.78 is 23.8. The van der Waals surface area contributed by atoms with Crippen molar-refractivity contribution in [2.24, 2.45) is 0 Å². The minimum absolute atomic E-state index is 0.253. The summed E-state index contributed by atoms with van der Waals surface area (Å²) in [6, 6.07) is 6.26. The molecule has 0 aromatic heterocycles. The van der Waals surface area contributed by atoms with Gasteiger partial charge in [0, 0.05) is 12.7 Å². The van der Waals surface area contributed by atoms with Gasteiger partial charge >= 0.3 is 0 Å². The first-order valence-corrected chi connectivity index (χ1v) is 5.84. The van der Waals surface area contributed by atoms with Gasteiger partial charge in [0.15, 0.2) is 0 Å². The predicted molar refractivity (Wildman–Crippen MR) is 60.1 cm³/mol. The van der Waals surface area contributed by atoms with Gasteiger partial charge in [0.05, 0.1) is 12.7 Å². The summed E-state index contributed by atoms with van der Waals surface area (Å²) in [6.45, 7) is 1.53. The lowest BCUT2D eigenvalue weighted by Gasteiger charge is -2.09. The van der Waals surface area contributed by atoms with E-state index in [0.717, 1.165) is 19.4 Å². The molecule has 2 rings (SSSR count). The Kier molecular flexibility index (Phi) is 4.17. The van der Waals surface area contributed by atoms with Crippen LogP contribution >= 0.6 is 0 Å². The van der Waals surface area contributed by atoms with Gasteiger partial charge in [0.2, 0.25) is 0 Å². The van der Waals surface area contributed by atoms with E-state index in [1.54, 1.807) is 12.1 Å². The minimum atomic E-state index is -0.253. The van der Waals surface area contributed by atoms with Crippen molar-refractivity contribution in [3.63, 3.8) is 0 Å². The van der Waals surface area contributed by atoms with Crippen molar-refractivity contribution in [3.8, 4) is 5.75 Å². The summed E-state index contributed by atoms with van der Waals surface area (Å²) in [5.74, 6) is 0.351. The summed E-state index contributed by atoms with van der Waals surface area (Å²) in [6.07, 6.45) is 4.75. The molecule has 1 saturated heterocycles. The van der Waals surface area contributed by atoms with E-state index in [4.69, 9.17) is 9.47 Å². The molecular weight excluding hydrogens is 207 g/mol. The summed E-state index contributed by atoms with van der Waals surface area (Å²) >= 11 is 0. The normalized spacial score (nSPS) is 19.9. The Morgan fingerprint density at radius 3 is 3.12 bits per heavy atom. The Labute approximate surface area is 95.4 Å². The predicted octanol–water partition coefficient (Wildman–Crippen LogP) is 3.16. The first-order valence-electron chi connectivity index (χ1n) is 5.84. The van der Waals surface area contributed by atoms with Crippen molar-refractivity contribution < 1.29 is 13.9 Å². The highest BCUT2D eigenvalue weighted by Gasteiger charge is 2.14. The number of halogens is 1. The third kappa shape index (κ3) is 3.49. The zero-order valence-electron chi connectivity index (χ0n) is 9.32. The van der Waals surface area contributed by atoms with Crippen LogP contribution in [0.4, 0.5) is 4.39 Å². The summed E-state index contributed by atoms with van der Waals surface area (Å²) in [5.41, 5.74) is 0. The summed E-state index contributed by atoms with van der Waals surface area (Å²) in [5, 5.41) is 0. The van der Waals surface area contributed by atoms with Crippen LogP contribution in [0.2, 0.25) is 0 Å². The lowest BCUT2D eigenvalue weighted by atomic mass is 10.1. The Balaban J connectivity index is 1.64. The average molecular weight is 224 g/mol. The fourth-order valence-electron chi connectivity index (χ4n) is 1.93. The van der Waals surface area contributed by atoms with Gasteiger partial charge in [-0.1, -0.05) is 6.07 Å². The molecule has 1 atom stereocenters. The summed E-state index contributed by atoms with van der Waals surface area (Å²) in [7, 11) is 0. The molecule has 0 radical (unpaired) electrons. The van der Waals surface area contributed by atoms with Gasteiger partial charge in [-0.05, 0) is 37.8 Å². The molecular formula is C13H17FO2. The van der Waals surface area contributed by atoms with Crippen LogP contribution in [-0.2, 0) is 4.74 Å². The second kappa shape index (κ2) is 5.85. The SMILES string of the molecule is Fc1cccc(OCCCC2CCCO2)c1. The number of benzene rings is 1. The number of ether oxygens (including phenoxy) is 2.